The van der Waals surface area contributed by atoms with E-state index in [4.69, 9.17) is 0 Å². The average Bonchev–Trinajstić information content (AvgIpc) is 3.27. The van der Waals surface area contributed by atoms with Crippen LogP contribution in [0.2, 0.25) is 0 Å². The third kappa shape index (κ3) is 3.59. The maximum absolute atomic E-state index is 11.1. The van der Waals surface area contributed by atoms with Crippen LogP contribution in [0.25, 0.3) is 0 Å². The van der Waals surface area contributed by atoms with E-state index in [9.17, 15) is 4.79 Å². The highest BCUT2D eigenvalue weighted by Gasteiger charge is 2.28. The first-order valence-corrected chi connectivity index (χ1v) is 7.08. The molecule has 20 heavy (non-hydrogen) atoms. The highest BCUT2D eigenvalue weighted by Crippen LogP contribution is 2.39. The Bertz CT molecular complexity index is 486. The van der Waals surface area contributed by atoms with E-state index in [1.54, 1.807) is 0 Å². The lowest BCUT2D eigenvalue weighted by atomic mass is 10.2. The van der Waals surface area contributed by atoms with Gasteiger partial charge < -0.3 is 15.4 Å². The van der Waals surface area contributed by atoms with Crippen molar-refractivity contribution >= 4 is 17.6 Å². The number of rotatable bonds is 7. The Balaban J connectivity index is 2.10. The molecule has 0 bridgehead atoms. The van der Waals surface area contributed by atoms with E-state index in [0.717, 1.165) is 42.4 Å². The first-order chi connectivity index (χ1) is 9.65. The Labute approximate surface area is 119 Å². The average molecular weight is 278 g/mol. The monoisotopic (exact) mass is 278 g/mol. The van der Waals surface area contributed by atoms with Gasteiger partial charge in [-0.3, -0.25) is 4.79 Å². The van der Waals surface area contributed by atoms with Gasteiger partial charge in [0.25, 0.3) is 0 Å². The number of carbonyl (C=O) groups excluding carboxylic acids is 1. The van der Waals surface area contributed by atoms with Crippen molar-refractivity contribution in [2.75, 3.05) is 30.8 Å². The molecule has 2 rings (SSSR count). The van der Waals surface area contributed by atoms with E-state index in [1.807, 2.05) is 13.8 Å². The topological polar surface area (TPSA) is 76.1 Å². The summed E-state index contributed by atoms with van der Waals surface area (Å²) in [6.07, 6.45) is 2.65. The minimum atomic E-state index is -0.224. The fraction of sp³-hybridized carbons (Fsp3) is 0.643. The summed E-state index contributed by atoms with van der Waals surface area (Å²) in [7, 11) is 1.40. The van der Waals surface area contributed by atoms with Crippen LogP contribution in [0, 0.1) is 6.92 Å². The molecular formula is C14H22N4O2. The maximum atomic E-state index is 11.1. The molecule has 1 aromatic heterocycles. The van der Waals surface area contributed by atoms with Gasteiger partial charge in [-0.15, -0.1) is 0 Å². The third-order valence-electron chi connectivity index (χ3n) is 3.30. The smallest absolute Gasteiger partial charge is 0.307 e. The zero-order valence-corrected chi connectivity index (χ0v) is 12.3. The fourth-order valence-corrected chi connectivity index (χ4v) is 1.95. The van der Waals surface area contributed by atoms with E-state index < -0.39 is 0 Å². The Hall–Kier alpha value is -1.85. The molecule has 1 saturated carbocycles. The number of hydrogen-bond donors (Lipinski definition) is 2. The van der Waals surface area contributed by atoms with Crippen molar-refractivity contribution in [3.63, 3.8) is 0 Å². The minimum Gasteiger partial charge on any atom is -0.469 e. The van der Waals surface area contributed by atoms with Crippen molar-refractivity contribution in [2.45, 2.75) is 39.0 Å². The van der Waals surface area contributed by atoms with Gasteiger partial charge in [-0.2, -0.15) is 0 Å². The van der Waals surface area contributed by atoms with Crippen LogP contribution in [0.3, 0.4) is 0 Å². The molecule has 0 aromatic carbocycles. The van der Waals surface area contributed by atoms with Gasteiger partial charge in [-0.25, -0.2) is 9.97 Å². The number of methoxy groups -OCH3 is 1. The molecule has 6 nitrogen and oxygen atoms in total. The second-order valence-electron chi connectivity index (χ2n) is 4.96. The van der Waals surface area contributed by atoms with Crippen LogP contribution >= 0.6 is 0 Å². The van der Waals surface area contributed by atoms with E-state index in [-0.39, 0.29) is 5.97 Å². The lowest BCUT2D eigenvalue weighted by Gasteiger charge is -2.14. The van der Waals surface area contributed by atoms with Crippen molar-refractivity contribution in [2.24, 2.45) is 0 Å². The zero-order valence-electron chi connectivity index (χ0n) is 12.3. The summed E-state index contributed by atoms with van der Waals surface area (Å²) >= 11 is 0. The molecule has 1 aliphatic rings. The van der Waals surface area contributed by atoms with Gasteiger partial charge in [0.1, 0.15) is 17.5 Å². The molecule has 110 valence electrons. The number of carbonyl (C=O) groups is 1. The standard InChI is InChI=1S/C14H22N4O2/c1-4-15-12-9(2)13(16-8-7-11(19)20-3)18-14(17-12)10-5-6-10/h10H,4-8H2,1-3H3,(H2,15,16,17,18). The van der Waals surface area contributed by atoms with Crippen LogP contribution in [0.4, 0.5) is 11.6 Å². The van der Waals surface area contributed by atoms with Crippen molar-refractivity contribution in [3.05, 3.63) is 11.4 Å². The molecule has 2 N–H and O–H groups in total. The van der Waals surface area contributed by atoms with Gasteiger partial charge in [-0.05, 0) is 26.7 Å². The Morgan fingerprint density at radius 1 is 1.30 bits per heavy atom. The lowest BCUT2D eigenvalue weighted by molar-refractivity contribution is -0.140. The highest BCUT2D eigenvalue weighted by atomic mass is 16.5. The molecule has 0 unspecified atom stereocenters. The normalized spacial score (nSPS) is 13.9. The summed E-state index contributed by atoms with van der Waals surface area (Å²) in [5.41, 5.74) is 0.987. The lowest BCUT2D eigenvalue weighted by Crippen LogP contribution is -2.14. The van der Waals surface area contributed by atoms with E-state index >= 15 is 0 Å². The fourth-order valence-electron chi connectivity index (χ4n) is 1.95. The molecule has 0 spiro atoms. The van der Waals surface area contributed by atoms with Crippen LogP contribution in [0.15, 0.2) is 0 Å². The largest absolute Gasteiger partial charge is 0.469 e. The van der Waals surface area contributed by atoms with Crippen molar-refractivity contribution in [3.8, 4) is 0 Å². The summed E-state index contributed by atoms with van der Waals surface area (Å²) in [6.45, 7) is 5.36. The van der Waals surface area contributed by atoms with Gasteiger partial charge in [0.15, 0.2) is 0 Å². The number of nitrogens with one attached hydrogen (secondary N) is 2. The van der Waals surface area contributed by atoms with Crippen LogP contribution < -0.4 is 10.6 Å². The molecule has 6 heteroatoms. The van der Waals surface area contributed by atoms with E-state index in [2.05, 4.69) is 25.3 Å². The van der Waals surface area contributed by atoms with Crippen LogP contribution in [-0.2, 0) is 9.53 Å². The molecule has 1 aliphatic carbocycles. The number of aromatic nitrogens is 2. The first-order valence-electron chi connectivity index (χ1n) is 7.08. The maximum Gasteiger partial charge on any atom is 0.307 e. The summed E-state index contributed by atoms with van der Waals surface area (Å²) < 4.78 is 4.63. The highest BCUT2D eigenvalue weighted by molar-refractivity contribution is 5.70. The molecule has 0 atom stereocenters. The Morgan fingerprint density at radius 2 is 1.95 bits per heavy atom. The number of esters is 1. The van der Waals surface area contributed by atoms with Crippen molar-refractivity contribution in [1.82, 2.24) is 9.97 Å². The second-order valence-corrected chi connectivity index (χ2v) is 4.96. The van der Waals surface area contributed by atoms with Gasteiger partial charge in [0.2, 0.25) is 0 Å². The van der Waals surface area contributed by atoms with E-state index in [0.29, 0.717) is 18.9 Å². The van der Waals surface area contributed by atoms with Crippen molar-refractivity contribution in [1.29, 1.82) is 0 Å². The number of hydrogen-bond acceptors (Lipinski definition) is 6. The molecule has 0 amide bonds. The number of anilines is 2. The predicted molar refractivity (Wildman–Crippen MR) is 78.0 cm³/mol. The van der Waals surface area contributed by atoms with Gasteiger partial charge >= 0.3 is 5.97 Å². The zero-order chi connectivity index (χ0) is 14.5. The Morgan fingerprint density at radius 3 is 2.50 bits per heavy atom. The van der Waals surface area contributed by atoms with Crippen LogP contribution in [-0.4, -0.2) is 36.1 Å². The molecule has 1 fully saturated rings. The predicted octanol–water partition coefficient (Wildman–Crippen LogP) is 2.07. The number of nitrogens with zero attached hydrogens (tertiary/aromatic N) is 2. The van der Waals surface area contributed by atoms with Gasteiger partial charge in [-0.1, -0.05) is 0 Å². The summed E-state index contributed by atoms with van der Waals surface area (Å²) in [4.78, 5) is 20.3. The van der Waals surface area contributed by atoms with Crippen LogP contribution in [0.5, 0.6) is 0 Å². The quantitative estimate of drug-likeness (QED) is 0.744. The van der Waals surface area contributed by atoms with Crippen molar-refractivity contribution < 1.29 is 9.53 Å². The molecular weight excluding hydrogens is 256 g/mol. The summed E-state index contributed by atoms with van der Waals surface area (Å²) in [6, 6.07) is 0. The molecule has 1 heterocycles. The first kappa shape index (κ1) is 14.6. The number of ether oxygens (including phenoxy) is 1. The Kier molecular flexibility index (Phi) is 4.76. The second kappa shape index (κ2) is 6.54. The third-order valence-corrected chi connectivity index (χ3v) is 3.30. The summed E-state index contributed by atoms with van der Waals surface area (Å²) in [5.74, 6) is 2.85. The van der Waals surface area contributed by atoms with Gasteiger partial charge in [0.05, 0.1) is 13.5 Å². The van der Waals surface area contributed by atoms with Crippen LogP contribution in [0.1, 0.15) is 43.5 Å². The molecule has 0 radical (unpaired) electrons. The molecule has 0 aliphatic heterocycles. The summed E-state index contributed by atoms with van der Waals surface area (Å²) in [5, 5.41) is 6.47. The molecule has 0 saturated heterocycles. The van der Waals surface area contributed by atoms with E-state index in [1.165, 1.54) is 7.11 Å². The minimum absolute atomic E-state index is 0.224. The molecule has 1 aromatic rings. The van der Waals surface area contributed by atoms with Gasteiger partial charge in [0, 0.05) is 24.6 Å². The SMILES string of the molecule is CCNc1nc(C2CC2)nc(NCCC(=O)OC)c1C.